The second-order valence-electron chi connectivity index (χ2n) is 3.02. The van der Waals surface area contributed by atoms with Crippen LogP contribution in [0.3, 0.4) is 0 Å². The molecule has 70 valence electrons. The predicted octanol–water partition coefficient (Wildman–Crippen LogP) is 2.54. The molecule has 0 aliphatic carbocycles. The lowest BCUT2D eigenvalue weighted by atomic mass is 10.0. The maximum Gasteiger partial charge on any atom is 0.178 e. The Kier molecular flexibility index (Phi) is 3.09. The van der Waals surface area contributed by atoms with E-state index in [-0.39, 0.29) is 10.6 Å². The first-order valence-electron chi connectivity index (χ1n) is 4.07. The minimum absolute atomic E-state index is 0.0289. The molecule has 0 saturated heterocycles. The normalized spacial score (nSPS) is 12.5. The van der Waals surface area contributed by atoms with E-state index in [0.717, 1.165) is 5.56 Å². The SMILES string of the molecule is Cc1cccc(C(=O)C(C)Br)c1N. The summed E-state index contributed by atoms with van der Waals surface area (Å²) < 4.78 is 0. The van der Waals surface area contributed by atoms with Gasteiger partial charge in [-0.15, -0.1) is 0 Å². The number of halogens is 1. The number of Topliss-reactive ketones (excluding diaryl/α,β-unsaturated/α-hetero) is 1. The van der Waals surface area contributed by atoms with Gasteiger partial charge in [0.15, 0.2) is 5.78 Å². The smallest absolute Gasteiger partial charge is 0.178 e. The Hall–Kier alpha value is -0.830. The van der Waals surface area contributed by atoms with Gasteiger partial charge in [-0.25, -0.2) is 0 Å². The van der Waals surface area contributed by atoms with Crippen LogP contribution in [0.2, 0.25) is 0 Å². The van der Waals surface area contributed by atoms with Gasteiger partial charge in [0.25, 0.3) is 0 Å². The molecule has 0 radical (unpaired) electrons. The molecule has 1 rings (SSSR count). The summed E-state index contributed by atoms with van der Waals surface area (Å²) in [6.07, 6.45) is 0. The van der Waals surface area contributed by atoms with Crippen LogP contribution in [-0.2, 0) is 0 Å². The van der Waals surface area contributed by atoms with Gasteiger partial charge in [-0.1, -0.05) is 28.1 Å². The molecule has 0 aliphatic rings. The molecule has 0 fully saturated rings. The Bertz CT molecular complexity index is 334. The molecule has 13 heavy (non-hydrogen) atoms. The van der Waals surface area contributed by atoms with Crippen LogP contribution in [0, 0.1) is 6.92 Å². The molecule has 0 aromatic heterocycles. The summed E-state index contributed by atoms with van der Waals surface area (Å²) >= 11 is 3.23. The average Bonchev–Trinajstić information content (AvgIpc) is 2.08. The molecule has 0 aliphatic heterocycles. The molecule has 0 spiro atoms. The Labute approximate surface area is 86.3 Å². The molecule has 1 atom stereocenters. The molecule has 2 nitrogen and oxygen atoms in total. The molecule has 0 heterocycles. The first kappa shape index (κ1) is 10.3. The zero-order valence-corrected chi connectivity index (χ0v) is 9.26. The van der Waals surface area contributed by atoms with Crippen LogP contribution in [0.4, 0.5) is 5.69 Å². The Morgan fingerprint density at radius 3 is 2.69 bits per heavy atom. The van der Waals surface area contributed by atoms with Crippen LogP contribution in [-0.4, -0.2) is 10.6 Å². The van der Waals surface area contributed by atoms with Gasteiger partial charge in [-0.2, -0.15) is 0 Å². The number of benzene rings is 1. The van der Waals surface area contributed by atoms with Crippen molar-refractivity contribution in [1.82, 2.24) is 0 Å². The van der Waals surface area contributed by atoms with Crippen molar-refractivity contribution in [2.24, 2.45) is 0 Å². The van der Waals surface area contributed by atoms with E-state index in [0.29, 0.717) is 11.3 Å². The fourth-order valence-corrected chi connectivity index (χ4v) is 1.36. The third kappa shape index (κ3) is 2.10. The van der Waals surface area contributed by atoms with Crippen molar-refractivity contribution in [3.8, 4) is 0 Å². The van der Waals surface area contributed by atoms with Crippen molar-refractivity contribution >= 4 is 27.4 Å². The van der Waals surface area contributed by atoms with Crippen LogP contribution in [0.1, 0.15) is 22.8 Å². The summed E-state index contributed by atoms with van der Waals surface area (Å²) in [6, 6.07) is 5.49. The molecule has 0 saturated carbocycles. The third-order valence-corrected chi connectivity index (χ3v) is 2.37. The van der Waals surface area contributed by atoms with Crippen molar-refractivity contribution in [3.63, 3.8) is 0 Å². The number of alkyl halides is 1. The van der Waals surface area contributed by atoms with Gasteiger partial charge in [0.1, 0.15) is 0 Å². The summed E-state index contributed by atoms with van der Waals surface area (Å²) in [5.41, 5.74) is 7.91. The number of hydrogen-bond donors (Lipinski definition) is 1. The van der Waals surface area contributed by atoms with Crippen molar-refractivity contribution in [1.29, 1.82) is 0 Å². The zero-order chi connectivity index (χ0) is 10.0. The van der Waals surface area contributed by atoms with Gasteiger partial charge >= 0.3 is 0 Å². The molecular weight excluding hydrogens is 230 g/mol. The third-order valence-electron chi connectivity index (χ3n) is 1.95. The number of ketones is 1. The zero-order valence-electron chi connectivity index (χ0n) is 7.67. The lowest BCUT2D eigenvalue weighted by Gasteiger charge is -2.08. The van der Waals surface area contributed by atoms with E-state index >= 15 is 0 Å². The summed E-state index contributed by atoms with van der Waals surface area (Å²) in [7, 11) is 0. The van der Waals surface area contributed by atoms with Gasteiger partial charge in [-0.05, 0) is 25.5 Å². The summed E-state index contributed by atoms with van der Waals surface area (Å²) in [4.78, 5) is 11.4. The van der Waals surface area contributed by atoms with E-state index in [1.54, 1.807) is 13.0 Å². The van der Waals surface area contributed by atoms with Crippen molar-refractivity contribution in [2.45, 2.75) is 18.7 Å². The number of anilines is 1. The quantitative estimate of drug-likeness (QED) is 0.492. The molecule has 1 unspecified atom stereocenters. The first-order chi connectivity index (χ1) is 6.04. The number of carbonyl (C=O) groups is 1. The molecule has 0 amide bonds. The second kappa shape index (κ2) is 3.92. The minimum atomic E-state index is -0.184. The van der Waals surface area contributed by atoms with E-state index in [4.69, 9.17) is 5.73 Å². The highest BCUT2D eigenvalue weighted by Crippen LogP contribution is 2.19. The molecular formula is C10H12BrNO. The lowest BCUT2D eigenvalue weighted by Crippen LogP contribution is -2.12. The van der Waals surface area contributed by atoms with Gasteiger partial charge in [-0.3, -0.25) is 4.79 Å². The standard InChI is InChI=1S/C10H12BrNO/c1-6-4-3-5-8(9(6)12)10(13)7(2)11/h3-5,7H,12H2,1-2H3. The lowest BCUT2D eigenvalue weighted by molar-refractivity contribution is 0.0996. The van der Waals surface area contributed by atoms with Crippen LogP contribution in [0.15, 0.2) is 18.2 Å². The number of aryl methyl sites for hydroxylation is 1. The van der Waals surface area contributed by atoms with Crippen molar-refractivity contribution in [3.05, 3.63) is 29.3 Å². The van der Waals surface area contributed by atoms with E-state index in [2.05, 4.69) is 15.9 Å². The van der Waals surface area contributed by atoms with Gasteiger partial charge < -0.3 is 5.73 Å². The number of hydrogen-bond acceptors (Lipinski definition) is 2. The topological polar surface area (TPSA) is 43.1 Å². The van der Waals surface area contributed by atoms with Gasteiger partial charge in [0.2, 0.25) is 0 Å². The largest absolute Gasteiger partial charge is 0.398 e. The van der Waals surface area contributed by atoms with Crippen molar-refractivity contribution < 1.29 is 4.79 Å². The fourth-order valence-electron chi connectivity index (χ4n) is 1.11. The van der Waals surface area contributed by atoms with E-state index in [9.17, 15) is 4.79 Å². The molecule has 1 aromatic carbocycles. The van der Waals surface area contributed by atoms with Crippen LogP contribution < -0.4 is 5.73 Å². The Morgan fingerprint density at radius 1 is 1.54 bits per heavy atom. The highest BCUT2D eigenvalue weighted by atomic mass is 79.9. The maximum absolute atomic E-state index is 11.6. The summed E-state index contributed by atoms with van der Waals surface area (Å²) in [5.74, 6) is 0.0289. The van der Waals surface area contributed by atoms with Crippen LogP contribution in [0.5, 0.6) is 0 Å². The number of nitrogens with two attached hydrogens (primary N) is 1. The van der Waals surface area contributed by atoms with E-state index in [1.165, 1.54) is 0 Å². The predicted molar refractivity (Wildman–Crippen MR) is 58.3 cm³/mol. The van der Waals surface area contributed by atoms with Crippen LogP contribution in [0.25, 0.3) is 0 Å². The molecule has 3 heteroatoms. The molecule has 1 aromatic rings. The Morgan fingerprint density at radius 2 is 2.15 bits per heavy atom. The Balaban J connectivity index is 3.15. The summed E-state index contributed by atoms with van der Waals surface area (Å²) in [5, 5.41) is 0. The van der Waals surface area contributed by atoms with Crippen LogP contribution >= 0.6 is 15.9 Å². The highest BCUT2D eigenvalue weighted by molar-refractivity contribution is 9.10. The summed E-state index contributed by atoms with van der Waals surface area (Å²) in [6.45, 7) is 3.69. The number of carbonyl (C=O) groups excluding carboxylic acids is 1. The average molecular weight is 242 g/mol. The molecule has 2 N–H and O–H groups in total. The highest BCUT2D eigenvalue weighted by Gasteiger charge is 2.14. The van der Waals surface area contributed by atoms with Crippen molar-refractivity contribution in [2.75, 3.05) is 5.73 Å². The first-order valence-corrected chi connectivity index (χ1v) is 4.99. The number of rotatable bonds is 2. The minimum Gasteiger partial charge on any atom is -0.398 e. The maximum atomic E-state index is 11.6. The fraction of sp³-hybridized carbons (Fsp3) is 0.300. The van der Waals surface area contributed by atoms with E-state index in [1.807, 2.05) is 19.1 Å². The number of nitrogen functional groups attached to an aromatic ring is 1. The second-order valence-corrected chi connectivity index (χ2v) is 4.39. The molecule has 0 bridgehead atoms. The van der Waals surface area contributed by atoms with Gasteiger partial charge in [0.05, 0.1) is 4.83 Å². The number of para-hydroxylation sites is 1. The van der Waals surface area contributed by atoms with Gasteiger partial charge in [0, 0.05) is 11.3 Å². The monoisotopic (exact) mass is 241 g/mol. The van der Waals surface area contributed by atoms with E-state index < -0.39 is 0 Å².